The van der Waals surface area contributed by atoms with E-state index in [0.717, 1.165) is 5.56 Å². The third-order valence-electron chi connectivity index (χ3n) is 2.31. The number of nitrogens with one attached hydrogen (secondary N) is 1. The van der Waals surface area contributed by atoms with Crippen molar-refractivity contribution in [2.45, 2.75) is 19.4 Å². The number of Topliss-reactive ketones (excluding diaryl/α,β-unsaturated/α-hetero) is 1. The molecule has 0 radical (unpaired) electrons. The minimum Gasteiger partial charge on any atom is -0.311 e. The van der Waals surface area contributed by atoms with E-state index in [2.05, 4.69) is 5.32 Å². The first-order valence-corrected chi connectivity index (χ1v) is 5.44. The molecule has 1 aromatic rings. The molecule has 0 aromatic heterocycles. The summed E-state index contributed by atoms with van der Waals surface area (Å²) in [6.45, 7) is 1.82. The fourth-order valence-corrected chi connectivity index (χ4v) is 1.57. The molecule has 0 aliphatic carbocycles. The lowest BCUT2D eigenvalue weighted by atomic mass is 10.0. The van der Waals surface area contributed by atoms with Crippen LogP contribution in [-0.2, 0) is 11.2 Å². The quantitative estimate of drug-likeness (QED) is 0.884. The Hall–Kier alpha value is -0.570. The summed E-state index contributed by atoms with van der Waals surface area (Å²) >= 11 is 11.8. The maximum absolute atomic E-state index is 11.6. The van der Waals surface area contributed by atoms with Gasteiger partial charge in [-0.05, 0) is 25.6 Å². The molecule has 1 atom stereocenters. The van der Waals surface area contributed by atoms with Crippen LogP contribution in [0.5, 0.6) is 0 Å². The van der Waals surface area contributed by atoms with Crippen LogP contribution in [0, 0.1) is 0 Å². The molecule has 1 aromatic carbocycles. The lowest BCUT2D eigenvalue weighted by Gasteiger charge is -2.10. The summed E-state index contributed by atoms with van der Waals surface area (Å²) in [6, 6.07) is 5.15. The van der Waals surface area contributed by atoms with E-state index in [9.17, 15) is 4.79 Å². The molecule has 0 amide bonds. The second kappa shape index (κ2) is 5.50. The zero-order valence-electron chi connectivity index (χ0n) is 8.68. The molecule has 1 unspecified atom stereocenters. The molecule has 0 saturated carbocycles. The van der Waals surface area contributed by atoms with E-state index in [4.69, 9.17) is 23.2 Å². The zero-order valence-corrected chi connectivity index (χ0v) is 10.2. The van der Waals surface area contributed by atoms with Crippen molar-refractivity contribution in [1.29, 1.82) is 0 Å². The second-order valence-electron chi connectivity index (χ2n) is 3.37. The molecular weight excluding hydrogens is 233 g/mol. The zero-order chi connectivity index (χ0) is 11.4. The topological polar surface area (TPSA) is 29.1 Å². The number of hydrogen-bond donors (Lipinski definition) is 1. The number of rotatable bonds is 4. The molecule has 0 saturated heterocycles. The number of ketones is 1. The average Bonchev–Trinajstić information content (AvgIpc) is 2.23. The van der Waals surface area contributed by atoms with E-state index >= 15 is 0 Å². The monoisotopic (exact) mass is 245 g/mol. The Morgan fingerprint density at radius 3 is 2.73 bits per heavy atom. The molecule has 2 nitrogen and oxygen atoms in total. The average molecular weight is 246 g/mol. The molecule has 1 N–H and O–H groups in total. The van der Waals surface area contributed by atoms with Crippen LogP contribution in [0.3, 0.4) is 0 Å². The highest BCUT2D eigenvalue weighted by Crippen LogP contribution is 2.26. The predicted octanol–water partition coefficient (Wildman–Crippen LogP) is 2.71. The standard InChI is InChI=1S/C11H13Cl2NO/c1-7(14-2)10(15)6-8-4-3-5-9(12)11(8)13/h3-5,7,14H,6H2,1-2H3. The van der Waals surface area contributed by atoms with Gasteiger partial charge in [0, 0.05) is 6.42 Å². The van der Waals surface area contributed by atoms with Crippen LogP contribution in [0.4, 0.5) is 0 Å². The van der Waals surface area contributed by atoms with E-state index in [1.807, 2.05) is 13.0 Å². The Kier molecular flexibility index (Phi) is 4.58. The minimum atomic E-state index is -0.167. The normalized spacial score (nSPS) is 12.5. The summed E-state index contributed by atoms with van der Waals surface area (Å²) in [5.41, 5.74) is 0.774. The highest BCUT2D eigenvalue weighted by Gasteiger charge is 2.13. The Bertz CT molecular complexity index is 366. The molecule has 0 fully saturated rings. The van der Waals surface area contributed by atoms with Crippen molar-refractivity contribution in [2.75, 3.05) is 7.05 Å². The summed E-state index contributed by atoms with van der Waals surface area (Å²) < 4.78 is 0. The van der Waals surface area contributed by atoms with Gasteiger partial charge in [0.2, 0.25) is 0 Å². The van der Waals surface area contributed by atoms with Crippen molar-refractivity contribution >= 4 is 29.0 Å². The van der Waals surface area contributed by atoms with Crippen molar-refractivity contribution < 1.29 is 4.79 Å². The molecule has 15 heavy (non-hydrogen) atoms. The first-order chi connectivity index (χ1) is 7.06. The summed E-state index contributed by atoms with van der Waals surface area (Å²) in [6.07, 6.45) is 0.307. The molecule has 0 heterocycles. The second-order valence-corrected chi connectivity index (χ2v) is 4.15. The first-order valence-electron chi connectivity index (χ1n) is 4.69. The van der Waals surface area contributed by atoms with Crippen LogP contribution in [0.1, 0.15) is 12.5 Å². The van der Waals surface area contributed by atoms with Gasteiger partial charge < -0.3 is 5.32 Å². The fraction of sp³-hybridized carbons (Fsp3) is 0.364. The SMILES string of the molecule is CNC(C)C(=O)Cc1cccc(Cl)c1Cl. The van der Waals surface area contributed by atoms with E-state index in [1.54, 1.807) is 19.2 Å². The Morgan fingerprint density at radius 1 is 1.47 bits per heavy atom. The van der Waals surface area contributed by atoms with Gasteiger partial charge in [0.15, 0.2) is 5.78 Å². The fourth-order valence-electron chi connectivity index (χ4n) is 1.19. The summed E-state index contributed by atoms with van der Waals surface area (Å²) in [5, 5.41) is 3.85. The molecule has 1 rings (SSSR count). The van der Waals surface area contributed by atoms with Gasteiger partial charge in [-0.15, -0.1) is 0 Å². The van der Waals surface area contributed by atoms with Crippen LogP contribution in [0.15, 0.2) is 18.2 Å². The molecule has 0 spiro atoms. The van der Waals surface area contributed by atoms with Gasteiger partial charge in [0.25, 0.3) is 0 Å². The van der Waals surface area contributed by atoms with Crippen molar-refractivity contribution in [1.82, 2.24) is 5.32 Å². The largest absolute Gasteiger partial charge is 0.311 e. The molecule has 0 bridgehead atoms. The number of hydrogen-bond acceptors (Lipinski definition) is 2. The van der Waals surface area contributed by atoms with Crippen LogP contribution in [-0.4, -0.2) is 18.9 Å². The Balaban J connectivity index is 2.81. The van der Waals surface area contributed by atoms with Gasteiger partial charge in [-0.3, -0.25) is 4.79 Å². The molecule has 0 aliphatic heterocycles. The molecule has 4 heteroatoms. The van der Waals surface area contributed by atoms with Gasteiger partial charge in [0.05, 0.1) is 16.1 Å². The molecular formula is C11H13Cl2NO. The van der Waals surface area contributed by atoms with Crippen molar-refractivity contribution in [3.05, 3.63) is 33.8 Å². The van der Waals surface area contributed by atoms with E-state index in [1.165, 1.54) is 0 Å². The number of carbonyl (C=O) groups is 1. The summed E-state index contributed by atoms with van der Waals surface area (Å²) in [7, 11) is 1.75. The lowest BCUT2D eigenvalue weighted by molar-refractivity contribution is -0.119. The highest BCUT2D eigenvalue weighted by atomic mass is 35.5. The van der Waals surface area contributed by atoms with E-state index < -0.39 is 0 Å². The third-order valence-corrected chi connectivity index (χ3v) is 3.17. The number of halogens is 2. The van der Waals surface area contributed by atoms with Gasteiger partial charge >= 0.3 is 0 Å². The van der Waals surface area contributed by atoms with Crippen molar-refractivity contribution in [3.63, 3.8) is 0 Å². The summed E-state index contributed by atoms with van der Waals surface area (Å²) in [5.74, 6) is 0.0988. The summed E-state index contributed by atoms with van der Waals surface area (Å²) in [4.78, 5) is 11.6. The lowest BCUT2D eigenvalue weighted by Crippen LogP contribution is -2.31. The van der Waals surface area contributed by atoms with Crippen molar-refractivity contribution in [2.24, 2.45) is 0 Å². The van der Waals surface area contributed by atoms with Gasteiger partial charge in [-0.1, -0.05) is 35.3 Å². The van der Waals surface area contributed by atoms with Gasteiger partial charge in [-0.2, -0.15) is 0 Å². The minimum absolute atomic E-state index is 0.0988. The van der Waals surface area contributed by atoms with E-state index in [0.29, 0.717) is 16.5 Å². The van der Waals surface area contributed by atoms with Crippen LogP contribution >= 0.6 is 23.2 Å². The maximum Gasteiger partial charge on any atom is 0.153 e. The third kappa shape index (κ3) is 3.20. The van der Waals surface area contributed by atoms with Crippen LogP contribution < -0.4 is 5.32 Å². The van der Waals surface area contributed by atoms with Crippen LogP contribution in [0.2, 0.25) is 10.0 Å². The first kappa shape index (κ1) is 12.5. The Morgan fingerprint density at radius 2 is 2.13 bits per heavy atom. The number of benzene rings is 1. The van der Waals surface area contributed by atoms with Gasteiger partial charge in [0.1, 0.15) is 0 Å². The smallest absolute Gasteiger partial charge is 0.153 e. The van der Waals surface area contributed by atoms with E-state index in [-0.39, 0.29) is 11.8 Å². The van der Waals surface area contributed by atoms with Crippen molar-refractivity contribution in [3.8, 4) is 0 Å². The Labute approximate surface area is 99.6 Å². The van der Waals surface area contributed by atoms with Crippen LogP contribution in [0.25, 0.3) is 0 Å². The molecule has 82 valence electrons. The van der Waals surface area contributed by atoms with Gasteiger partial charge in [-0.25, -0.2) is 0 Å². The number of likely N-dealkylation sites (N-methyl/N-ethyl adjacent to an activating group) is 1. The maximum atomic E-state index is 11.6. The highest BCUT2D eigenvalue weighted by molar-refractivity contribution is 6.42. The number of carbonyl (C=O) groups excluding carboxylic acids is 1. The molecule has 0 aliphatic rings. The predicted molar refractivity (Wildman–Crippen MR) is 63.7 cm³/mol.